The third-order valence-corrected chi connectivity index (χ3v) is 5.89. The van der Waals surface area contributed by atoms with Crippen LogP contribution in [0, 0.1) is 0 Å². The second-order valence-corrected chi connectivity index (χ2v) is 7.82. The molecule has 0 spiro atoms. The maximum absolute atomic E-state index is 12.6. The summed E-state index contributed by atoms with van der Waals surface area (Å²) in [6.45, 7) is 2.42. The summed E-state index contributed by atoms with van der Waals surface area (Å²) in [5, 5.41) is 3.14. The fraction of sp³-hybridized carbons (Fsp3) is 0.545. The van der Waals surface area contributed by atoms with Crippen molar-refractivity contribution in [1.29, 1.82) is 0 Å². The highest BCUT2D eigenvalue weighted by atomic mass is 16.5. The lowest BCUT2D eigenvalue weighted by atomic mass is 9.92. The Morgan fingerprint density at radius 3 is 2.83 bits per heavy atom. The number of piperidine rings is 1. The fourth-order valence-electron chi connectivity index (χ4n) is 4.17. The standard InChI is InChI=1S/C22H29N5O2/c1-23-20-14-19(25-22(26-20)17-4-2-10-24-15-17)16-8-11-27(12-9-16)21(28)7-6-18-5-3-13-29-18/h2,4,10,14-16,18H,3,5-9,11-13H2,1H3,(H,23,25,26). The SMILES string of the molecule is CNc1cc(C2CCN(C(=O)CCC3CCCO3)CC2)nc(-c2cccnc2)n1. The molecule has 0 aromatic carbocycles. The number of rotatable bonds is 6. The van der Waals surface area contributed by atoms with Gasteiger partial charge in [0, 0.05) is 68.8 Å². The number of aromatic nitrogens is 3. The Bertz CT molecular complexity index is 815. The average molecular weight is 396 g/mol. The maximum atomic E-state index is 12.6. The van der Waals surface area contributed by atoms with Crippen LogP contribution in [0.25, 0.3) is 11.4 Å². The molecule has 7 heteroatoms. The van der Waals surface area contributed by atoms with Gasteiger partial charge in [-0.15, -0.1) is 0 Å². The molecule has 1 unspecified atom stereocenters. The highest BCUT2D eigenvalue weighted by Gasteiger charge is 2.26. The van der Waals surface area contributed by atoms with Gasteiger partial charge in [0.2, 0.25) is 5.91 Å². The smallest absolute Gasteiger partial charge is 0.222 e. The number of ether oxygens (including phenoxy) is 1. The highest BCUT2D eigenvalue weighted by Crippen LogP contribution is 2.30. The summed E-state index contributed by atoms with van der Waals surface area (Å²) in [6, 6.07) is 5.89. The number of nitrogens with one attached hydrogen (secondary N) is 1. The Kier molecular flexibility index (Phi) is 6.34. The van der Waals surface area contributed by atoms with Gasteiger partial charge < -0.3 is 15.0 Å². The fourth-order valence-corrected chi connectivity index (χ4v) is 4.17. The second kappa shape index (κ2) is 9.31. The van der Waals surface area contributed by atoms with Crippen molar-refractivity contribution in [3.8, 4) is 11.4 Å². The molecule has 4 heterocycles. The molecule has 7 nitrogen and oxygen atoms in total. The van der Waals surface area contributed by atoms with Crippen LogP contribution < -0.4 is 5.32 Å². The van der Waals surface area contributed by atoms with E-state index in [1.165, 1.54) is 0 Å². The first-order chi connectivity index (χ1) is 14.2. The van der Waals surface area contributed by atoms with Crippen molar-refractivity contribution in [3.63, 3.8) is 0 Å². The van der Waals surface area contributed by atoms with Gasteiger partial charge in [0.25, 0.3) is 0 Å². The quantitative estimate of drug-likeness (QED) is 0.809. The number of carbonyl (C=O) groups is 1. The van der Waals surface area contributed by atoms with Crippen LogP contribution in [0.2, 0.25) is 0 Å². The monoisotopic (exact) mass is 395 g/mol. The zero-order chi connectivity index (χ0) is 20.1. The molecule has 1 amide bonds. The predicted molar refractivity (Wildman–Crippen MR) is 112 cm³/mol. The van der Waals surface area contributed by atoms with Gasteiger partial charge in [-0.3, -0.25) is 9.78 Å². The summed E-state index contributed by atoms with van der Waals surface area (Å²) >= 11 is 0. The van der Waals surface area contributed by atoms with Crippen LogP contribution >= 0.6 is 0 Å². The number of hydrogen-bond donors (Lipinski definition) is 1. The van der Waals surface area contributed by atoms with E-state index in [9.17, 15) is 4.79 Å². The predicted octanol–water partition coefficient (Wildman–Crippen LogP) is 3.25. The summed E-state index contributed by atoms with van der Waals surface area (Å²) in [5.74, 6) is 2.09. The number of hydrogen-bond acceptors (Lipinski definition) is 6. The van der Waals surface area contributed by atoms with Gasteiger partial charge in [-0.1, -0.05) is 0 Å². The topological polar surface area (TPSA) is 80.2 Å². The van der Waals surface area contributed by atoms with Crippen molar-refractivity contribution in [1.82, 2.24) is 19.9 Å². The van der Waals surface area contributed by atoms with Crippen molar-refractivity contribution in [2.75, 3.05) is 32.1 Å². The molecule has 2 saturated heterocycles. The Balaban J connectivity index is 1.38. The molecule has 0 saturated carbocycles. The minimum absolute atomic E-state index is 0.258. The summed E-state index contributed by atoms with van der Waals surface area (Å²) < 4.78 is 5.64. The van der Waals surface area contributed by atoms with Crippen molar-refractivity contribution < 1.29 is 9.53 Å². The van der Waals surface area contributed by atoms with Gasteiger partial charge in [0.15, 0.2) is 5.82 Å². The van der Waals surface area contributed by atoms with E-state index in [1.54, 1.807) is 12.4 Å². The molecule has 2 aliphatic heterocycles. The zero-order valence-corrected chi connectivity index (χ0v) is 17.0. The first-order valence-corrected chi connectivity index (χ1v) is 10.6. The number of anilines is 1. The largest absolute Gasteiger partial charge is 0.378 e. The van der Waals surface area contributed by atoms with Gasteiger partial charge in [-0.05, 0) is 44.2 Å². The van der Waals surface area contributed by atoms with E-state index in [2.05, 4.69) is 15.3 Å². The maximum Gasteiger partial charge on any atom is 0.222 e. The van der Waals surface area contributed by atoms with Crippen LogP contribution in [0.3, 0.4) is 0 Å². The number of amides is 1. The van der Waals surface area contributed by atoms with Crippen molar-refractivity contribution >= 4 is 11.7 Å². The van der Waals surface area contributed by atoms with Crippen molar-refractivity contribution in [2.24, 2.45) is 0 Å². The molecule has 154 valence electrons. The Hall–Kier alpha value is -2.54. The molecule has 2 aliphatic rings. The third kappa shape index (κ3) is 4.90. The van der Waals surface area contributed by atoms with E-state index in [0.29, 0.717) is 18.2 Å². The minimum atomic E-state index is 0.258. The van der Waals surface area contributed by atoms with Crippen LogP contribution in [0.4, 0.5) is 5.82 Å². The molecule has 2 aromatic heterocycles. The molecule has 1 N–H and O–H groups in total. The first kappa shape index (κ1) is 19.8. The Morgan fingerprint density at radius 2 is 2.14 bits per heavy atom. The van der Waals surface area contributed by atoms with Crippen molar-refractivity contribution in [3.05, 3.63) is 36.3 Å². The number of likely N-dealkylation sites (tertiary alicyclic amines) is 1. The molecule has 29 heavy (non-hydrogen) atoms. The molecule has 0 aliphatic carbocycles. The third-order valence-electron chi connectivity index (χ3n) is 5.89. The van der Waals surface area contributed by atoms with Gasteiger partial charge in [0.1, 0.15) is 5.82 Å². The van der Waals surface area contributed by atoms with Crippen LogP contribution in [0.1, 0.15) is 50.1 Å². The van der Waals surface area contributed by atoms with E-state index in [-0.39, 0.29) is 12.0 Å². The molecule has 1 atom stereocenters. The minimum Gasteiger partial charge on any atom is -0.378 e. The van der Waals surface area contributed by atoms with Crippen LogP contribution in [0.5, 0.6) is 0 Å². The molecule has 2 aromatic rings. The summed E-state index contributed by atoms with van der Waals surface area (Å²) in [4.78, 5) is 28.2. The lowest BCUT2D eigenvalue weighted by molar-refractivity contribution is -0.132. The number of pyridine rings is 1. The molecule has 0 bridgehead atoms. The number of carbonyl (C=O) groups excluding carboxylic acids is 1. The summed E-state index contributed by atoms with van der Waals surface area (Å²) in [7, 11) is 1.87. The van der Waals surface area contributed by atoms with E-state index in [0.717, 1.165) is 68.9 Å². The highest BCUT2D eigenvalue weighted by molar-refractivity contribution is 5.76. The van der Waals surface area contributed by atoms with Gasteiger partial charge >= 0.3 is 0 Å². The van der Waals surface area contributed by atoms with E-state index >= 15 is 0 Å². The lowest BCUT2D eigenvalue weighted by Gasteiger charge is -2.32. The molecule has 4 rings (SSSR count). The molecule has 0 radical (unpaired) electrons. The van der Waals surface area contributed by atoms with Crippen LogP contribution in [0.15, 0.2) is 30.6 Å². The second-order valence-electron chi connectivity index (χ2n) is 7.82. The van der Waals surface area contributed by atoms with Gasteiger partial charge in [-0.25, -0.2) is 9.97 Å². The molecular weight excluding hydrogens is 366 g/mol. The van der Waals surface area contributed by atoms with E-state index in [1.807, 2.05) is 30.1 Å². The molecule has 2 fully saturated rings. The zero-order valence-electron chi connectivity index (χ0n) is 17.0. The summed E-state index contributed by atoms with van der Waals surface area (Å²) in [5.41, 5.74) is 1.95. The number of nitrogens with zero attached hydrogens (tertiary/aromatic N) is 4. The van der Waals surface area contributed by atoms with Crippen molar-refractivity contribution in [2.45, 2.75) is 50.5 Å². The van der Waals surface area contributed by atoms with Crippen LogP contribution in [-0.4, -0.2) is 58.6 Å². The molecular formula is C22H29N5O2. The van der Waals surface area contributed by atoms with Crippen LogP contribution in [-0.2, 0) is 9.53 Å². The Labute approximate surface area is 171 Å². The lowest BCUT2D eigenvalue weighted by Crippen LogP contribution is -2.38. The average Bonchev–Trinajstić information content (AvgIpc) is 3.31. The Morgan fingerprint density at radius 1 is 1.28 bits per heavy atom. The van der Waals surface area contributed by atoms with Gasteiger partial charge in [0.05, 0.1) is 6.10 Å². The van der Waals surface area contributed by atoms with Gasteiger partial charge in [-0.2, -0.15) is 0 Å². The van der Waals surface area contributed by atoms with E-state index in [4.69, 9.17) is 9.72 Å². The normalized spacial score (nSPS) is 20.0. The summed E-state index contributed by atoms with van der Waals surface area (Å²) in [6.07, 6.45) is 9.34. The first-order valence-electron chi connectivity index (χ1n) is 10.6. The van der Waals surface area contributed by atoms with E-state index < -0.39 is 0 Å².